The highest BCUT2D eigenvalue weighted by molar-refractivity contribution is 5.60. The van der Waals surface area contributed by atoms with Crippen molar-refractivity contribution in [1.82, 2.24) is 0 Å². The SMILES string of the molecule is Cc1cccc(C)c1C(CN)N1CCc2ccc(F)cc21. The fourth-order valence-corrected chi connectivity index (χ4v) is 3.45. The van der Waals surface area contributed by atoms with Crippen molar-refractivity contribution in [2.24, 2.45) is 5.73 Å². The summed E-state index contributed by atoms with van der Waals surface area (Å²) < 4.78 is 13.6. The van der Waals surface area contributed by atoms with E-state index in [0.717, 1.165) is 18.7 Å². The van der Waals surface area contributed by atoms with Crippen LogP contribution in [0.3, 0.4) is 0 Å². The Morgan fingerprint density at radius 2 is 1.90 bits per heavy atom. The summed E-state index contributed by atoms with van der Waals surface area (Å²) in [5, 5.41) is 0. The minimum Gasteiger partial charge on any atom is -0.363 e. The average Bonchev–Trinajstić information content (AvgIpc) is 2.86. The summed E-state index contributed by atoms with van der Waals surface area (Å²) in [7, 11) is 0. The molecule has 0 amide bonds. The number of aryl methyl sites for hydroxylation is 2. The molecule has 0 fully saturated rings. The second-order valence-electron chi connectivity index (χ2n) is 5.77. The normalized spacial score (nSPS) is 15.1. The maximum Gasteiger partial charge on any atom is 0.125 e. The molecule has 0 aliphatic carbocycles. The molecule has 2 aromatic carbocycles. The van der Waals surface area contributed by atoms with Gasteiger partial charge in [-0.1, -0.05) is 24.3 Å². The standard InChI is InChI=1S/C18H21FN2/c1-12-4-3-5-13(2)18(12)17(11-20)21-9-8-14-6-7-15(19)10-16(14)21/h3-7,10,17H,8-9,11,20H2,1-2H3. The van der Waals surface area contributed by atoms with Gasteiger partial charge in [-0.3, -0.25) is 0 Å². The zero-order chi connectivity index (χ0) is 15.0. The molecule has 2 aromatic rings. The Bertz CT molecular complexity index is 646. The van der Waals surface area contributed by atoms with Crippen LogP contribution < -0.4 is 10.6 Å². The molecule has 2 nitrogen and oxygen atoms in total. The summed E-state index contributed by atoms with van der Waals surface area (Å²) in [6.45, 7) is 5.66. The van der Waals surface area contributed by atoms with Gasteiger partial charge in [-0.25, -0.2) is 4.39 Å². The average molecular weight is 284 g/mol. The molecule has 1 heterocycles. The van der Waals surface area contributed by atoms with Crippen molar-refractivity contribution in [2.45, 2.75) is 26.3 Å². The molecule has 0 aromatic heterocycles. The molecule has 0 radical (unpaired) electrons. The molecule has 0 saturated carbocycles. The third kappa shape index (κ3) is 2.42. The second kappa shape index (κ2) is 5.49. The van der Waals surface area contributed by atoms with Gasteiger partial charge in [0.25, 0.3) is 0 Å². The molecular weight excluding hydrogens is 263 g/mol. The molecule has 0 bridgehead atoms. The molecule has 3 rings (SSSR count). The molecule has 21 heavy (non-hydrogen) atoms. The van der Waals surface area contributed by atoms with E-state index in [1.807, 2.05) is 6.07 Å². The summed E-state index contributed by atoms with van der Waals surface area (Å²) >= 11 is 0. The van der Waals surface area contributed by atoms with Gasteiger partial charge in [0.1, 0.15) is 5.82 Å². The van der Waals surface area contributed by atoms with Gasteiger partial charge in [-0.15, -0.1) is 0 Å². The third-order valence-electron chi connectivity index (χ3n) is 4.45. The van der Waals surface area contributed by atoms with Gasteiger partial charge < -0.3 is 10.6 Å². The Morgan fingerprint density at radius 3 is 2.57 bits per heavy atom. The van der Waals surface area contributed by atoms with Crippen molar-refractivity contribution >= 4 is 5.69 Å². The summed E-state index contributed by atoms with van der Waals surface area (Å²) in [4.78, 5) is 2.26. The Balaban J connectivity index is 2.05. The van der Waals surface area contributed by atoms with E-state index in [1.165, 1.54) is 22.3 Å². The zero-order valence-electron chi connectivity index (χ0n) is 12.6. The molecule has 2 N–H and O–H groups in total. The van der Waals surface area contributed by atoms with Crippen molar-refractivity contribution in [3.05, 3.63) is 64.5 Å². The largest absolute Gasteiger partial charge is 0.363 e. The third-order valence-corrected chi connectivity index (χ3v) is 4.45. The van der Waals surface area contributed by atoms with E-state index in [0.29, 0.717) is 6.54 Å². The van der Waals surface area contributed by atoms with Crippen molar-refractivity contribution in [3.63, 3.8) is 0 Å². The first-order chi connectivity index (χ1) is 10.1. The molecule has 0 saturated heterocycles. The minimum atomic E-state index is -0.182. The first kappa shape index (κ1) is 14.1. The summed E-state index contributed by atoms with van der Waals surface area (Å²) in [6, 6.07) is 11.5. The van der Waals surface area contributed by atoms with Crippen LogP contribution in [0.25, 0.3) is 0 Å². The van der Waals surface area contributed by atoms with Crippen molar-refractivity contribution in [1.29, 1.82) is 0 Å². The lowest BCUT2D eigenvalue weighted by atomic mass is 9.95. The van der Waals surface area contributed by atoms with Crippen molar-refractivity contribution in [2.75, 3.05) is 18.0 Å². The number of rotatable bonds is 3. The van der Waals surface area contributed by atoms with E-state index < -0.39 is 0 Å². The molecule has 1 aliphatic rings. The van der Waals surface area contributed by atoms with E-state index in [1.54, 1.807) is 12.1 Å². The van der Waals surface area contributed by atoms with E-state index >= 15 is 0 Å². The fourth-order valence-electron chi connectivity index (χ4n) is 3.45. The van der Waals surface area contributed by atoms with Crippen LogP contribution in [0.15, 0.2) is 36.4 Å². The predicted molar refractivity (Wildman–Crippen MR) is 85.2 cm³/mol. The van der Waals surface area contributed by atoms with Crippen LogP contribution in [0.4, 0.5) is 10.1 Å². The Labute approximate surface area is 125 Å². The maximum absolute atomic E-state index is 13.6. The highest BCUT2D eigenvalue weighted by Crippen LogP contribution is 2.37. The van der Waals surface area contributed by atoms with Gasteiger partial charge in [0, 0.05) is 18.8 Å². The number of anilines is 1. The van der Waals surface area contributed by atoms with Crippen LogP contribution in [-0.2, 0) is 6.42 Å². The lowest BCUT2D eigenvalue weighted by molar-refractivity contribution is 0.620. The monoisotopic (exact) mass is 284 g/mol. The number of fused-ring (bicyclic) bond motifs is 1. The van der Waals surface area contributed by atoms with Crippen molar-refractivity contribution in [3.8, 4) is 0 Å². The molecular formula is C18H21FN2. The zero-order valence-corrected chi connectivity index (χ0v) is 12.6. The molecule has 110 valence electrons. The summed E-state index contributed by atoms with van der Waals surface area (Å²) in [5.41, 5.74) is 12.1. The maximum atomic E-state index is 13.6. The van der Waals surface area contributed by atoms with Crippen molar-refractivity contribution < 1.29 is 4.39 Å². The van der Waals surface area contributed by atoms with Gasteiger partial charge in [-0.2, -0.15) is 0 Å². The number of nitrogens with two attached hydrogens (primary N) is 1. The highest BCUT2D eigenvalue weighted by Gasteiger charge is 2.28. The van der Waals surface area contributed by atoms with Crippen LogP contribution in [0.2, 0.25) is 0 Å². The molecule has 1 aliphatic heterocycles. The van der Waals surface area contributed by atoms with E-state index in [2.05, 4.69) is 36.9 Å². The predicted octanol–water partition coefficient (Wildman–Crippen LogP) is 3.51. The fraction of sp³-hybridized carbons (Fsp3) is 0.333. The van der Waals surface area contributed by atoms with Crippen LogP contribution >= 0.6 is 0 Å². The summed E-state index contributed by atoms with van der Waals surface area (Å²) in [6.07, 6.45) is 0.955. The van der Waals surface area contributed by atoms with Gasteiger partial charge in [0.2, 0.25) is 0 Å². The van der Waals surface area contributed by atoms with Crippen LogP contribution in [0, 0.1) is 19.7 Å². The van der Waals surface area contributed by atoms with Gasteiger partial charge >= 0.3 is 0 Å². The van der Waals surface area contributed by atoms with E-state index in [4.69, 9.17) is 5.73 Å². The Kier molecular flexibility index (Phi) is 3.68. The number of benzene rings is 2. The van der Waals surface area contributed by atoms with Gasteiger partial charge in [0.15, 0.2) is 0 Å². The molecule has 1 atom stereocenters. The lowest BCUT2D eigenvalue weighted by Crippen LogP contribution is -2.33. The number of nitrogens with zero attached hydrogens (tertiary/aromatic N) is 1. The Hall–Kier alpha value is -1.87. The van der Waals surface area contributed by atoms with Crippen LogP contribution in [-0.4, -0.2) is 13.1 Å². The minimum absolute atomic E-state index is 0.106. The van der Waals surface area contributed by atoms with Gasteiger partial charge in [0.05, 0.1) is 6.04 Å². The number of hydrogen-bond donors (Lipinski definition) is 1. The van der Waals surface area contributed by atoms with Gasteiger partial charge in [-0.05, 0) is 54.7 Å². The van der Waals surface area contributed by atoms with Crippen LogP contribution in [0.5, 0.6) is 0 Å². The molecule has 0 spiro atoms. The molecule has 1 unspecified atom stereocenters. The first-order valence-electron chi connectivity index (χ1n) is 7.43. The number of halogens is 1. The molecule has 3 heteroatoms. The second-order valence-corrected chi connectivity index (χ2v) is 5.77. The van der Waals surface area contributed by atoms with Crippen LogP contribution in [0.1, 0.15) is 28.3 Å². The van der Waals surface area contributed by atoms with E-state index in [9.17, 15) is 4.39 Å². The summed E-state index contributed by atoms with van der Waals surface area (Å²) in [5.74, 6) is -0.182. The Morgan fingerprint density at radius 1 is 1.19 bits per heavy atom. The first-order valence-corrected chi connectivity index (χ1v) is 7.43. The highest BCUT2D eigenvalue weighted by atomic mass is 19.1. The van der Waals surface area contributed by atoms with E-state index in [-0.39, 0.29) is 11.9 Å². The topological polar surface area (TPSA) is 29.3 Å². The lowest BCUT2D eigenvalue weighted by Gasteiger charge is -2.32. The number of hydrogen-bond acceptors (Lipinski definition) is 2. The smallest absolute Gasteiger partial charge is 0.125 e. The quantitative estimate of drug-likeness (QED) is 0.934.